The van der Waals surface area contributed by atoms with Gasteiger partial charge in [-0.2, -0.15) is 0 Å². The molecule has 15 aliphatic rings. The number of fused-ring (bicyclic) bond motifs is 21. The van der Waals surface area contributed by atoms with Gasteiger partial charge in [-0.15, -0.1) is 12.4 Å². The Kier molecular flexibility index (Phi) is 32.9. The van der Waals surface area contributed by atoms with Crippen LogP contribution in [0.2, 0.25) is 0 Å². The molecule has 15 aliphatic carbocycles. The summed E-state index contributed by atoms with van der Waals surface area (Å²) in [5.74, 6) is -1.46. The Hall–Kier alpha value is -7.00. The number of ketones is 5. The number of Topliss-reactive ketones (excluding diaryl/α,β-unsaturated/α-hetero) is 2. The number of carboxylic acid groups (broad SMARTS) is 1. The minimum atomic E-state index is -0.756. The molecule has 0 radical (unpaired) electrons. The largest absolute Gasteiger partial charge is 0.481 e. The molecule has 12 fully saturated rings. The van der Waals surface area contributed by atoms with Gasteiger partial charge >= 0.3 is 35.8 Å². The lowest BCUT2D eigenvalue weighted by Gasteiger charge is -2.70. The lowest BCUT2D eigenvalue weighted by Crippen LogP contribution is -2.66. The van der Waals surface area contributed by atoms with Gasteiger partial charge in [0.1, 0.15) is 30.8 Å². The maximum absolute atomic E-state index is 14.8. The molecular formula is C122H179Cl2NO19. The summed E-state index contributed by atoms with van der Waals surface area (Å²) in [7, 11) is 5.05. The first-order valence-electron chi connectivity index (χ1n) is 54.5. The molecule has 144 heavy (non-hydrogen) atoms. The molecule has 0 spiro atoms. The van der Waals surface area contributed by atoms with E-state index in [9.17, 15) is 62.6 Å². The van der Waals surface area contributed by atoms with E-state index in [1.807, 2.05) is 73.7 Å². The maximum atomic E-state index is 14.8. The van der Waals surface area contributed by atoms with Crippen molar-refractivity contribution in [1.82, 2.24) is 0 Å². The van der Waals surface area contributed by atoms with Crippen LogP contribution in [0.25, 0.3) is 0 Å². The van der Waals surface area contributed by atoms with Gasteiger partial charge < -0.3 is 39.6 Å². The number of carboxylic acids is 1. The van der Waals surface area contributed by atoms with Crippen molar-refractivity contribution in [3.8, 4) is 0 Å². The number of nitrogens with two attached hydrogens (primary N) is 1. The van der Waals surface area contributed by atoms with Gasteiger partial charge in [-0.3, -0.25) is 57.5 Å². The monoisotopic (exact) mass is 2030 g/mol. The molecule has 0 saturated heterocycles. The number of carbonyl (C=O) groups is 12. The third-order valence-corrected chi connectivity index (χ3v) is 45.9. The fourth-order valence-electron chi connectivity index (χ4n) is 36.1. The second-order valence-corrected chi connectivity index (χ2v) is 54.6. The van der Waals surface area contributed by atoms with Gasteiger partial charge in [0.2, 0.25) is 5.24 Å². The Morgan fingerprint density at radius 3 is 0.917 bits per heavy atom. The van der Waals surface area contributed by atoms with Crippen molar-refractivity contribution >= 4 is 94.0 Å². The van der Waals surface area contributed by atoms with Crippen molar-refractivity contribution in [3.63, 3.8) is 0 Å². The summed E-state index contributed by atoms with van der Waals surface area (Å²) in [4.78, 5) is 158. The van der Waals surface area contributed by atoms with E-state index in [0.29, 0.717) is 25.9 Å². The zero-order chi connectivity index (χ0) is 106. The van der Waals surface area contributed by atoms with Crippen LogP contribution < -0.4 is 5.73 Å². The molecule has 2 aromatic carbocycles. The van der Waals surface area contributed by atoms with Gasteiger partial charge in [0.15, 0.2) is 17.3 Å². The van der Waals surface area contributed by atoms with Gasteiger partial charge in [0.25, 0.3) is 0 Å². The van der Waals surface area contributed by atoms with E-state index in [-0.39, 0.29) is 248 Å². The van der Waals surface area contributed by atoms with E-state index in [0.717, 1.165) is 172 Å². The highest BCUT2D eigenvalue weighted by molar-refractivity contribution is 6.64. The summed E-state index contributed by atoms with van der Waals surface area (Å²) in [6, 6.07) is 19.3. The maximum Gasteiger partial charge on any atom is 0.322 e. The van der Waals surface area contributed by atoms with E-state index >= 15 is 0 Å². The molecule has 800 valence electrons. The number of carbonyl (C=O) groups excluding carboxylic acids is 11. The Morgan fingerprint density at radius 2 is 0.646 bits per heavy atom. The number of hydrogen-bond acceptors (Lipinski definition) is 19. The Morgan fingerprint density at radius 1 is 0.375 bits per heavy atom. The molecule has 30 atom stereocenters. The second-order valence-electron chi connectivity index (χ2n) is 54.2. The molecular weight excluding hydrogens is 1850 g/mol. The standard InChI is InChI=1S/C43H60O6.C38H51ClO4.C36H54O6.C4H9NO2.CH4O.ClH/c1-27(36(46)48-9)23-32(44)29-15-17-41(6)34(38(29,2)3)16-18-43(8)35(41)33(45)24-30-31-25-40(5,20-19-39(31,4)21-22-42(30,43)7)37(47)49-26-28-13-11-10-12-14-28;1-33(2)25(31(39)41)13-15-36(5)29(33)14-16-38(7)30(36)28(40)21-26-27-22-35(4,18-17-34(27,3)19-20-37(26,38)6)32(42)43-23-24-11-9-8-10-12-24;1-21(29(39)42-9)18-25(37)22-10-12-34(6)27(31(22,2)3)11-13-36(8)28(34)26(38)19-23-24-20-33(5,30(40)41)15-14-32(24,4)16-17-35(23,36)7;1-3(5)4(6)7-2;1-2;/h10-14,24,27,29,31,34-35H,15-23,25-26H2,1-9H3;8-12,21,25,27,29-30H,13-20,22-23H2,1-7H3;19,21-22,24,27-28H,10-18,20H2,1-9H3,(H,40,41);3H,5H2,1-2H3;2H,1H3;1H/t27-,29-,31+,34+,35-,39-,40+,41+,42-,43-;25-,27+,29+,30-,34-,35+,36+,37-,38-;21-,22-,24+,27+,28-,32-,33+,34+,35-,36-;3-;;/m1110../s1. The van der Waals surface area contributed by atoms with Crippen LogP contribution in [0.15, 0.2) is 95.6 Å². The summed E-state index contributed by atoms with van der Waals surface area (Å²) in [6.07, 6.45) is 30.7. The van der Waals surface area contributed by atoms with Gasteiger partial charge in [-0.05, 0) is 359 Å². The first-order chi connectivity index (χ1) is 66.4. The predicted octanol–water partition coefficient (Wildman–Crippen LogP) is 25.2. The van der Waals surface area contributed by atoms with E-state index in [4.69, 9.17) is 41.4 Å². The highest BCUT2D eigenvalue weighted by atomic mass is 35.5. The number of rotatable bonds is 17. The normalized spacial score (nSPS) is 41.8. The molecule has 0 heterocycles. The van der Waals surface area contributed by atoms with Crippen molar-refractivity contribution in [2.24, 2.45) is 186 Å². The molecule has 0 unspecified atom stereocenters. The van der Waals surface area contributed by atoms with Crippen molar-refractivity contribution in [3.05, 3.63) is 107 Å². The number of aliphatic carboxylic acids is 1. The third-order valence-electron chi connectivity index (χ3n) is 45.6. The molecule has 0 aromatic heterocycles. The number of allylic oxidation sites excluding steroid dienone is 6. The van der Waals surface area contributed by atoms with E-state index in [2.05, 4.69) is 155 Å². The molecule has 0 amide bonds. The molecule has 17 rings (SSSR count). The van der Waals surface area contributed by atoms with Crippen molar-refractivity contribution in [2.45, 2.75) is 372 Å². The average Bonchev–Trinajstić information content (AvgIpc) is 0.677. The molecule has 12 saturated carbocycles. The van der Waals surface area contributed by atoms with Crippen LogP contribution in [0.1, 0.15) is 364 Å². The highest BCUT2D eigenvalue weighted by Crippen LogP contribution is 2.81. The van der Waals surface area contributed by atoms with Crippen LogP contribution >= 0.6 is 24.0 Å². The zero-order valence-electron chi connectivity index (χ0n) is 92.8. The number of aliphatic hydroxyl groups is 1. The first-order valence-corrected chi connectivity index (χ1v) is 54.9. The van der Waals surface area contributed by atoms with Crippen LogP contribution in [-0.4, -0.2) is 115 Å². The number of hydrogen-bond donors (Lipinski definition) is 3. The summed E-state index contributed by atoms with van der Waals surface area (Å²) < 4.78 is 25.9. The van der Waals surface area contributed by atoms with Gasteiger partial charge in [0, 0.05) is 55.5 Å². The quantitative estimate of drug-likeness (QED) is 0.0752. The van der Waals surface area contributed by atoms with E-state index in [1.165, 1.54) is 38.0 Å². The second kappa shape index (κ2) is 41.0. The SMILES string of the molecule is CC1(C)[C@@H](C(=O)Cl)CC[C@]2(C)[C@H]3C(=O)C=C4[C@@H]5C[C@@](C)(C(=O)OCc6ccccc6)CC[C@]5(C)CC[C@@]4(C)[C@]3(C)CC[C@@H]12.CO.COC(=O)[C@H](C)CC(=O)[C@H]1CC[C@]2(C)[C@H]3C(=O)C=C4[C@@H]5C[C@@](C)(C(=O)O)CC[C@]5(C)CC[C@@]4(C)[C@]3(C)CC[C@H]2C1(C)C.COC(=O)[C@H](C)CC(=O)[C@H]1CC[C@]2(C)[C@H]3C(=O)C=C4[C@@H]5C[C@@](C)(C(=O)OCc6ccccc6)CC[C@]5(C)CC[C@@]4(C)[C@]3(C)CC[C@H]2C1(C)C.COC(=O)[C@H](C)N.Cl. The molecule has 22 heteroatoms. The summed E-state index contributed by atoms with van der Waals surface area (Å²) in [6.45, 7) is 53.7. The number of benzene rings is 2. The van der Waals surface area contributed by atoms with Gasteiger partial charge in [0.05, 0.1) is 49.4 Å². The zero-order valence-corrected chi connectivity index (χ0v) is 94.4. The van der Waals surface area contributed by atoms with Crippen molar-refractivity contribution in [1.29, 1.82) is 0 Å². The van der Waals surface area contributed by atoms with E-state index in [1.54, 1.807) is 20.8 Å². The van der Waals surface area contributed by atoms with Crippen LogP contribution in [0.5, 0.6) is 0 Å². The van der Waals surface area contributed by atoms with Crippen LogP contribution in [-0.2, 0) is 94.4 Å². The number of halogens is 2. The number of aliphatic hydroxyl groups excluding tert-OH is 1. The molecule has 2 aromatic rings. The summed E-state index contributed by atoms with van der Waals surface area (Å²) in [5, 5.41) is 16.9. The first kappa shape index (κ1) is 116. The number of methoxy groups -OCH3 is 3. The molecule has 4 N–H and O–H groups in total. The van der Waals surface area contributed by atoms with Crippen molar-refractivity contribution in [2.75, 3.05) is 28.4 Å². The lowest BCUT2D eigenvalue weighted by molar-refractivity contribution is -0.195. The van der Waals surface area contributed by atoms with Crippen molar-refractivity contribution < 1.29 is 91.4 Å². The predicted molar refractivity (Wildman–Crippen MR) is 562 cm³/mol. The van der Waals surface area contributed by atoms with Crippen LogP contribution in [0.3, 0.4) is 0 Å². The summed E-state index contributed by atoms with van der Waals surface area (Å²) in [5.41, 5.74) is 6.65. The van der Waals surface area contributed by atoms with Crippen LogP contribution in [0, 0.1) is 180 Å². The fourth-order valence-corrected chi connectivity index (χ4v) is 36.5. The van der Waals surface area contributed by atoms with Crippen LogP contribution in [0.4, 0.5) is 0 Å². The van der Waals surface area contributed by atoms with E-state index < -0.39 is 40.1 Å². The van der Waals surface area contributed by atoms with Gasteiger partial charge in [-0.1, -0.05) is 216 Å². The fraction of sp³-hybridized carbons (Fsp3) is 0.754. The average molecular weight is 2030 g/mol. The smallest absolute Gasteiger partial charge is 0.322 e. The highest BCUT2D eigenvalue weighted by Gasteiger charge is 2.76. The molecule has 0 bridgehead atoms. The third kappa shape index (κ3) is 19.0. The minimum absolute atomic E-state index is 0. The Labute approximate surface area is 872 Å². The molecule has 20 nitrogen and oxygen atoms in total. The minimum Gasteiger partial charge on any atom is -0.481 e. The number of esters is 5. The summed E-state index contributed by atoms with van der Waals surface area (Å²) >= 11 is 6.15. The van der Waals surface area contributed by atoms with Gasteiger partial charge in [-0.25, -0.2) is 0 Å². The number of ether oxygens (including phenoxy) is 5. The Balaban J connectivity index is 0.000000184. The Bertz CT molecular complexity index is 5340. The lowest BCUT2D eigenvalue weighted by atomic mass is 9.33. The topological polar surface area (TPSA) is 317 Å². The molecule has 0 aliphatic heterocycles.